The minimum Gasteiger partial charge on any atom is -0.349 e. The second kappa shape index (κ2) is 9.47. The van der Waals surface area contributed by atoms with Crippen LogP contribution in [0.25, 0.3) is 11.0 Å². The summed E-state index contributed by atoms with van der Waals surface area (Å²) in [6.07, 6.45) is 6.95. The van der Waals surface area contributed by atoms with Gasteiger partial charge < -0.3 is 15.2 Å². The van der Waals surface area contributed by atoms with Crippen LogP contribution in [-0.2, 0) is 4.79 Å². The average molecular weight is 443 g/mol. The van der Waals surface area contributed by atoms with Gasteiger partial charge in [0.25, 0.3) is 5.91 Å². The van der Waals surface area contributed by atoms with Crippen molar-refractivity contribution >= 4 is 40.6 Å². The maximum Gasteiger partial charge on any atom is 0.251 e. The van der Waals surface area contributed by atoms with Crippen molar-refractivity contribution in [3.05, 3.63) is 59.1 Å². The molecule has 162 valence electrons. The Morgan fingerprint density at radius 3 is 2.77 bits per heavy atom. The number of rotatable bonds is 7. The largest absolute Gasteiger partial charge is 0.349 e. The summed E-state index contributed by atoms with van der Waals surface area (Å²) in [4.78, 5) is 32.8. The molecule has 0 spiro atoms. The monoisotopic (exact) mass is 442 g/mol. The van der Waals surface area contributed by atoms with Crippen LogP contribution >= 0.6 is 11.6 Å². The number of carbonyl (C=O) groups excluding carboxylic acids is 2. The van der Waals surface area contributed by atoms with Gasteiger partial charge in [-0.3, -0.25) is 9.59 Å². The lowest BCUT2D eigenvalue weighted by molar-refractivity contribution is -0.107. The molecular formula is C23H24ClFN4O2. The van der Waals surface area contributed by atoms with Crippen LogP contribution in [0, 0.1) is 11.7 Å². The van der Waals surface area contributed by atoms with Gasteiger partial charge in [0.15, 0.2) is 0 Å². The number of aromatic nitrogens is 2. The molecule has 2 aromatic carbocycles. The highest BCUT2D eigenvalue weighted by Gasteiger charge is 2.24. The Labute approximate surface area is 184 Å². The quantitative estimate of drug-likeness (QED) is 0.521. The topological polar surface area (TPSA) is 78.1 Å². The van der Waals surface area contributed by atoms with Gasteiger partial charge in [-0.25, -0.2) is 9.37 Å². The van der Waals surface area contributed by atoms with Gasteiger partial charge in [-0.15, -0.1) is 0 Å². The summed E-state index contributed by atoms with van der Waals surface area (Å²) in [5.41, 5.74) is 2.81. The molecule has 1 aliphatic rings. The predicted octanol–water partition coefficient (Wildman–Crippen LogP) is 4.70. The van der Waals surface area contributed by atoms with E-state index in [2.05, 4.69) is 15.3 Å². The van der Waals surface area contributed by atoms with E-state index >= 15 is 0 Å². The van der Waals surface area contributed by atoms with Crippen LogP contribution in [0.4, 0.5) is 10.1 Å². The number of benzene rings is 2. The summed E-state index contributed by atoms with van der Waals surface area (Å²) in [6.45, 7) is 0.528. The molecule has 1 saturated carbocycles. The van der Waals surface area contributed by atoms with Crippen LogP contribution in [-0.4, -0.2) is 34.9 Å². The van der Waals surface area contributed by atoms with Crippen LogP contribution in [0.2, 0.25) is 5.02 Å². The number of amides is 2. The molecule has 1 aromatic heterocycles. The molecule has 4 rings (SSSR count). The molecule has 1 heterocycles. The molecular weight excluding hydrogens is 419 g/mol. The molecule has 0 radical (unpaired) electrons. The first-order valence-corrected chi connectivity index (χ1v) is 10.8. The number of carbonyl (C=O) groups is 2. The molecule has 0 aliphatic heterocycles. The number of H-pyrrole nitrogens is 1. The third-order valence-electron chi connectivity index (χ3n) is 5.99. The number of hydrogen-bond donors (Lipinski definition) is 2. The average Bonchev–Trinajstić information content (AvgIpc) is 3.24. The maximum absolute atomic E-state index is 13.3. The first kappa shape index (κ1) is 21.3. The van der Waals surface area contributed by atoms with Crippen molar-refractivity contribution in [3.8, 4) is 0 Å². The van der Waals surface area contributed by atoms with E-state index in [1.165, 1.54) is 23.1 Å². The predicted molar refractivity (Wildman–Crippen MR) is 119 cm³/mol. The smallest absolute Gasteiger partial charge is 0.251 e. The Kier molecular flexibility index (Phi) is 6.51. The van der Waals surface area contributed by atoms with Crippen molar-refractivity contribution < 1.29 is 14.0 Å². The summed E-state index contributed by atoms with van der Waals surface area (Å²) >= 11 is 6.08. The summed E-state index contributed by atoms with van der Waals surface area (Å²) in [5, 5.41) is 3.36. The van der Waals surface area contributed by atoms with Gasteiger partial charge in [0.2, 0.25) is 6.41 Å². The second-order valence-electron chi connectivity index (χ2n) is 8.01. The summed E-state index contributed by atoms with van der Waals surface area (Å²) in [5.74, 6) is -0.0362. The van der Waals surface area contributed by atoms with E-state index in [9.17, 15) is 14.0 Å². The molecule has 0 atom stereocenters. The van der Waals surface area contributed by atoms with Gasteiger partial charge in [0, 0.05) is 18.2 Å². The van der Waals surface area contributed by atoms with E-state index in [-0.39, 0.29) is 17.0 Å². The van der Waals surface area contributed by atoms with Crippen molar-refractivity contribution in [1.82, 2.24) is 15.3 Å². The second-order valence-corrected chi connectivity index (χ2v) is 8.42. The Morgan fingerprint density at radius 2 is 2.03 bits per heavy atom. The molecule has 31 heavy (non-hydrogen) atoms. The van der Waals surface area contributed by atoms with Crippen molar-refractivity contribution in [2.75, 3.05) is 11.4 Å². The molecule has 0 saturated heterocycles. The van der Waals surface area contributed by atoms with Gasteiger partial charge in [0.1, 0.15) is 5.82 Å². The third-order valence-corrected chi connectivity index (χ3v) is 6.29. The Bertz CT molecular complexity index is 1080. The SMILES string of the molecule is O=CN(CC[C@H]1CC[C@@H](NC(=O)c2ccc3[nH]cnc3c2)CC1)c1ccc(F)cc1Cl. The minimum atomic E-state index is -0.427. The number of nitrogens with one attached hydrogen (secondary N) is 2. The molecule has 8 heteroatoms. The van der Waals surface area contributed by atoms with Gasteiger partial charge in [-0.05, 0) is 74.4 Å². The van der Waals surface area contributed by atoms with Crippen LogP contribution in [0.5, 0.6) is 0 Å². The zero-order chi connectivity index (χ0) is 21.8. The first-order chi connectivity index (χ1) is 15.0. The van der Waals surface area contributed by atoms with E-state index in [1.54, 1.807) is 18.5 Å². The standard InChI is InChI=1S/C23H24ClFN4O2/c24-19-12-17(25)4-8-22(19)29(14-30)10-9-15-1-5-18(6-2-15)28-23(31)16-3-7-20-21(11-16)27-13-26-20/h3-4,7-8,11-15,18H,1-2,5-6,9-10H2,(H,26,27)(H,28,31)/t15-,18+. The Morgan fingerprint density at radius 1 is 1.23 bits per heavy atom. The highest BCUT2D eigenvalue weighted by Crippen LogP contribution is 2.30. The number of hydrogen-bond acceptors (Lipinski definition) is 3. The highest BCUT2D eigenvalue weighted by atomic mass is 35.5. The van der Waals surface area contributed by atoms with E-state index < -0.39 is 5.82 Å². The van der Waals surface area contributed by atoms with Crippen LogP contribution < -0.4 is 10.2 Å². The summed E-state index contributed by atoms with van der Waals surface area (Å²) in [7, 11) is 0. The molecule has 6 nitrogen and oxygen atoms in total. The van der Waals surface area contributed by atoms with Crippen molar-refractivity contribution in [2.24, 2.45) is 5.92 Å². The number of aromatic amines is 1. The number of imidazole rings is 1. The van der Waals surface area contributed by atoms with Crippen LogP contribution in [0.15, 0.2) is 42.7 Å². The fraction of sp³-hybridized carbons (Fsp3) is 0.348. The Balaban J connectivity index is 1.26. The maximum atomic E-state index is 13.3. The Hall–Kier alpha value is -2.93. The van der Waals surface area contributed by atoms with Crippen LogP contribution in [0.3, 0.4) is 0 Å². The molecule has 2 N–H and O–H groups in total. The molecule has 1 aliphatic carbocycles. The fourth-order valence-electron chi connectivity index (χ4n) is 4.20. The van der Waals surface area contributed by atoms with Gasteiger partial charge in [-0.1, -0.05) is 11.6 Å². The number of fused-ring (bicyclic) bond motifs is 1. The molecule has 3 aromatic rings. The summed E-state index contributed by atoms with van der Waals surface area (Å²) in [6, 6.07) is 9.64. The van der Waals surface area contributed by atoms with Gasteiger partial charge in [0.05, 0.1) is 28.1 Å². The van der Waals surface area contributed by atoms with E-state index in [0.717, 1.165) is 49.5 Å². The molecule has 1 fully saturated rings. The van der Waals surface area contributed by atoms with Crippen molar-refractivity contribution in [2.45, 2.75) is 38.1 Å². The zero-order valence-electron chi connectivity index (χ0n) is 17.0. The molecule has 0 bridgehead atoms. The lowest BCUT2D eigenvalue weighted by atomic mass is 9.84. The fourth-order valence-corrected chi connectivity index (χ4v) is 4.48. The minimum absolute atomic E-state index is 0.0774. The van der Waals surface area contributed by atoms with Crippen molar-refractivity contribution in [3.63, 3.8) is 0 Å². The number of halogens is 2. The first-order valence-electron chi connectivity index (χ1n) is 10.4. The summed E-state index contributed by atoms with van der Waals surface area (Å²) < 4.78 is 13.3. The molecule has 2 amide bonds. The normalized spacial score (nSPS) is 18.6. The molecule has 0 unspecified atom stereocenters. The van der Waals surface area contributed by atoms with Crippen molar-refractivity contribution in [1.29, 1.82) is 0 Å². The van der Waals surface area contributed by atoms with Gasteiger partial charge >= 0.3 is 0 Å². The van der Waals surface area contributed by atoms with Crippen LogP contribution in [0.1, 0.15) is 42.5 Å². The van der Waals surface area contributed by atoms with E-state index in [4.69, 9.17) is 11.6 Å². The lowest BCUT2D eigenvalue weighted by Gasteiger charge is -2.30. The van der Waals surface area contributed by atoms with E-state index in [0.29, 0.717) is 23.7 Å². The highest BCUT2D eigenvalue weighted by molar-refractivity contribution is 6.33. The zero-order valence-corrected chi connectivity index (χ0v) is 17.7. The van der Waals surface area contributed by atoms with E-state index in [1.807, 2.05) is 6.07 Å². The lowest BCUT2D eigenvalue weighted by Crippen LogP contribution is -2.38. The number of anilines is 1. The van der Waals surface area contributed by atoms with Gasteiger partial charge in [-0.2, -0.15) is 0 Å². The number of nitrogens with zero attached hydrogens (tertiary/aromatic N) is 2. The third kappa shape index (κ3) is 5.05.